The molecule has 10 nitrogen and oxygen atoms in total. The molecular formula is C18H13ClN6O4. The van der Waals surface area contributed by atoms with E-state index in [-0.39, 0.29) is 35.5 Å². The predicted molar refractivity (Wildman–Crippen MR) is 104 cm³/mol. The minimum Gasteiger partial charge on any atom is -0.295 e. The highest BCUT2D eigenvalue weighted by Gasteiger charge is 2.29. The fraction of sp³-hybridized carbons (Fsp3) is 0.111. The Morgan fingerprint density at radius 2 is 1.90 bits per heavy atom. The number of hydrogen-bond acceptors (Lipinski definition) is 6. The Morgan fingerprint density at radius 1 is 1.21 bits per heavy atom. The summed E-state index contributed by atoms with van der Waals surface area (Å²) in [5.74, 6) is -0.542. The van der Waals surface area contributed by atoms with Crippen molar-refractivity contribution in [1.82, 2.24) is 14.8 Å². The molecule has 2 amide bonds. The molecule has 1 atom stereocenters. The normalized spacial score (nSPS) is 15.3. The average Bonchev–Trinajstić information content (AvgIpc) is 3.10. The molecule has 3 aromatic rings. The molecular weight excluding hydrogens is 400 g/mol. The van der Waals surface area contributed by atoms with Crippen molar-refractivity contribution < 1.29 is 14.5 Å². The Balaban J connectivity index is 1.58. The van der Waals surface area contributed by atoms with Gasteiger partial charge >= 0.3 is 0 Å². The second-order valence-corrected chi connectivity index (χ2v) is 6.72. The number of fused-ring (bicyclic) bond motifs is 1. The number of aromatic nitrogens is 3. The summed E-state index contributed by atoms with van der Waals surface area (Å²) in [7, 11) is 0. The summed E-state index contributed by atoms with van der Waals surface area (Å²) in [6.45, 7) is 0. The van der Waals surface area contributed by atoms with Crippen molar-refractivity contribution in [1.29, 1.82) is 0 Å². The van der Waals surface area contributed by atoms with E-state index < -0.39 is 16.9 Å². The van der Waals surface area contributed by atoms with Gasteiger partial charge in [0.2, 0.25) is 11.9 Å². The molecule has 11 heteroatoms. The Hall–Kier alpha value is -3.79. The highest BCUT2D eigenvalue weighted by molar-refractivity contribution is 6.30. The smallest absolute Gasteiger partial charge is 0.269 e. The molecule has 0 bridgehead atoms. The molecule has 2 N–H and O–H groups in total. The highest BCUT2D eigenvalue weighted by atomic mass is 35.5. The number of carbonyl (C=O) groups excluding carboxylic acids is 2. The third kappa shape index (κ3) is 3.78. The maximum absolute atomic E-state index is 12.4. The van der Waals surface area contributed by atoms with Crippen molar-refractivity contribution in [3.05, 3.63) is 74.8 Å². The van der Waals surface area contributed by atoms with Gasteiger partial charge < -0.3 is 0 Å². The fourth-order valence-corrected chi connectivity index (χ4v) is 3.09. The average molecular weight is 413 g/mol. The van der Waals surface area contributed by atoms with Crippen molar-refractivity contribution in [3.8, 4) is 0 Å². The first-order valence-electron chi connectivity index (χ1n) is 8.48. The number of amides is 2. The van der Waals surface area contributed by atoms with Gasteiger partial charge in [0.25, 0.3) is 17.5 Å². The standard InChI is InChI=1S/C18H13ClN6O4/c19-12-5-1-10(2-6-12)14-9-15(26)20-18-22-17(23-24(14)18)21-16(27)11-3-7-13(8-4-11)25(28)29/h1-8,14H,9H2,(H2,20,21,22,23,26,27)/t14-/m0/s1. The van der Waals surface area contributed by atoms with Gasteiger partial charge in [0, 0.05) is 22.7 Å². The molecule has 146 valence electrons. The molecule has 0 radical (unpaired) electrons. The topological polar surface area (TPSA) is 132 Å². The van der Waals surface area contributed by atoms with Crippen LogP contribution in [0.3, 0.4) is 0 Å². The van der Waals surface area contributed by atoms with Gasteiger partial charge in [-0.3, -0.25) is 30.3 Å². The minimum atomic E-state index is -0.549. The zero-order valence-electron chi connectivity index (χ0n) is 14.7. The lowest BCUT2D eigenvalue weighted by Gasteiger charge is -2.23. The van der Waals surface area contributed by atoms with E-state index in [2.05, 4.69) is 20.7 Å². The summed E-state index contributed by atoms with van der Waals surface area (Å²) in [6.07, 6.45) is 0.160. The van der Waals surface area contributed by atoms with Crippen molar-refractivity contribution in [2.24, 2.45) is 0 Å². The van der Waals surface area contributed by atoms with Crippen LogP contribution in [0.1, 0.15) is 28.4 Å². The fourth-order valence-electron chi connectivity index (χ4n) is 2.97. The lowest BCUT2D eigenvalue weighted by Crippen LogP contribution is -2.29. The summed E-state index contributed by atoms with van der Waals surface area (Å²) in [4.78, 5) is 38.8. The van der Waals surface area contributed by atoms with E-state index >= 15 is 0 Å². The van der Waals surface area contributed by atoms with Gasteiger partial charge in [-0.2, -0.15) is 4.98 Å². The Labute approximate surface area is 168 Å². The van der Waals surface area contributed by atoms with Crippen LogP contribution in [0.2, 0.25) is 5.02 Å². The molecule has 1 aliphatic rings. The van der Waals surface area contributed by atoms with Gasteiger partial charge in [0.15, 0.2) is 0 Å². The number of rotatable bonds is 4. The number of carbonyl (C=O) groups is 2. The van der Waals surface area contributed by atoms with Crippen LogP contribution in [0.5, 0.6) is 0 Å². The molecule has 0 saturated carbocycles. The molecule has 0 spiro atoms. The van der Waals surface area contributed by atoms with Gasteiger partial charge in [-0.05, 0) is 29.8 Å². The number of nitro benzene ring substituents is 1. The lowest BCUT2D eigenvalue weighted by molar-refractivity contribution is -0.384. The molecule has 0 saturated heterocycles. The largest absolute Gasteiger partial charge is 0.295 e. The zero-order chi connectivity index (χ0) is 20.5. The van der Waals surface area contributed by atoms with E-state index in [1.54, 1.807) is 24.3 Å². The monoisotopic (exact) mass is 412 g/mol. The summed E-state index contributed by atoms with van der Waals surface area (Å²) in [5, 5.41) is 20.7. The van der Waals surface area contributed by atoms with E-state index in [0.717, 1.165) is 5.56 Å². The van der Waals surface area contributed by atoms with E-state index in [4.69, 9.17) is 11.6 Å². The van der Waals surface area contributed by atoms with Crippen LogP contribution in [-0.2, 0) is 4.79 Å². The summed E-state index contributed by atoms with van der Waals surface area (Å²) < 4.78 is 1.52. The van der Waals surface area contributed by atoms with Crippen LogP contribution >= 0.6 is 11.6 Å². The van der Waals surface area contributed by atoms with E-state index in [0.29, 0.717) is 5.02 Å². The molecule has 2 heterocycles. The Kier molecular flexibility index (Phi) is 4.69. The van der Waals surface area contributed by atoms with Crippen LogP contribution in [0.25, 0.3) is 0 Å². The molecule has 0 unspecified atom stereocenters. The van der Waals surface area contributed by atoms with Crippen molar-refractivity contribution >= 4 is 41.0 Å². The van der Waals surface area contributed by atoms with Crippen LogP contribution in [0.4, 0.5) is 17.6 Å². The highest BCUT2D eigenvalue weighted by Crippen LogP contribution is 2.30. The number of nitrogens with zero attached hydrogens (tertiary/aromatic N) is 4. The number of non-ortho nitro benzene ring substituents is 1. The van der Waals surface area contributed by atoms with Crippen LogP contribution in [0, 0.1) is 10.1 Å². The van der Waals surface area contributed by atoms with E-state index in [1.165, 1.54) is 28.9 Å². The van der Waals surface area contributed by atoms with E-state index in [1.807, 2.05) is 0 Å². The maximum Gasteiger partial charge on any atom is 0.269 e. The second-order valence-electron chi connectivity index (χ2n) is 6.28. The van der Waals surface area contributed by atoms with E-state index in [9.17, 15) is 19.7 Å². The number of hydrogen-bond donors (Lipinski definition) is 2. The SMILES string of the molecule is O=C1C[C@@H](c2ccc(Cl)cc2)n2nc(NC(=O)c3ccc([N+](=O)[O-])cc3)nc2N1. The number of nitrogens with one attached hydrogen (secondary N) is 2. The number of anilines is 2. The third-order valence-corrected chi connectivity index (χ3v) is 4.63. The van der Waals surface area contributed by atoms with Crippen LogP contribution < -0.4 is 10.6 Å². The molecule has 29 heavy (non-hydrogen) atoms. The molecule has 0 fully saturated rings. The molecule has 1 aliphatic heterocycles. The van der Waals surface area contributed by atoms with Crippen molar-refractivity contribution in [3.63, 3.8) is 0 Å². The van der Waals surface area contributed by atoms with Gasteiger partial charge in [0.1, 0.15) is 0 Å². The molecule has 0 aliphatic carbocycles. The molecule has 1 aromatic heterocycles. The van der Waals surface area contributed by atoms with Gasteiger partial charge in [-0.15, -0.1) is 5.10 Å². The first-order valence-corrected chi connectivity index (χ1v) is 8.86. The van der Waals surface area contributed by atoms with Crippen molar-refractivity contribution in [2.75, 3.05) is 10.6 Å². The number of halogens is 1. The predicted octanol–water partition coefficient (Wildman–Crippen LogP) is 3.02. The zero-order valence-corrected chi connectivity index (χ0v) is 15.5. The van der Waals surface area contributed by atoms with Gasteiger partial charge in [-0.25, -0.2) is 4.68 Å². The minimum absolute atomic E-state index is 0.00418. The van der Waals surface area contributed by atoms with Gasteiger partial charge in [-0.1, -0.05) is 23.7 Å². The number of benzene rings is 2. The second kappa shape index (κ2) is 7.32. The molecule has 4 rings (SSSR count). The Morgan fingerprint density at radius 3 is 2.55 bits per heavy atom. The lowest BCUT2D eigenvalue weighted by atomic mass is 10.0. The maximum atomic E-state index is 12.4. The Bertz CT molecular complexity index is 1110. The quantitative estimate of drug-likeness (QED) is 0.500. The summed E-state index contributed by atoms with van der Waals surface area (Å²) >= 11 is 5.93. The summed E-state index contributed by atoms with van der Waals surface area (Å²) in [5.41, 5.74) is 0.913. The third-order valence-electron chi connectivity index (χ3n) is 4.38. The summed E-state index contributed by atoms with van der Waals surface area (Å²) in [6, 6.07) is 11.8. The van der Waals surface area contributed by atoms with Crippen LogP contribution in [0.15, 0.2) is 48.5 Å². The first-order chi connectivity index (χ1) is 13.9. The van der Waals surface area contributed by atoms with Crippen molar-refractivity contribution in [2.45, 2.75) is 12.5 Å². The molecule has 2 aromatic carbocycles. The van der Waals surface area contributed by atoms with Crippen LogP contribution in [-0.4, -0.2) is 31.5 Å². The first kappa shape index (κ1) is 18.6. The number of nitro groups is 1. The van der Waals surface area contributed by atoms with Gasteiger partial charge in [0.05, 0.1) is 17.4 Å².